The maximum atomic E-state index is 8.65. The molecule has 0 aliphatic heterocycles. The van der Waals surface area contributed by atoms with E-state index in [1.54, 1.807) is 0 Å². The van der Waals surface area contributed by atoms with Gasteiger partial charge in [-0.05, 0) is 6.37 Å². The summed E-state index contributed by atoms with van der Waals surface area (Å²) in [6.07, 6.45) is -3.12. The standard InChI is InChI=1S/C4H10O2/c1-6-4-2-3-5/h5H,2-4H2,1H3/i2D2,3D2,4D2. The summed E-state index contributed by atoms with van der Waals surface area (Å²) in [6, 6.07) is 0. The highest BCUT2D eigenvalue weighted by molar-refractivity contribution is 4.25. The predicted molar refractivity (Wildman–Crippen MR) is 23.6 cm³/mol. The minimum atomic E-state index is -3.29. The molecule has 0 rings (SSSR count). The predicted octanol–water partition coefficient (Wildman–Crippen LogP) is 0.0152. The maximum absolute atomic E-state index is 8.65. The van der Waals surface area contributed by atoms with Crippen LogP contribution in [0.15, 0.2) is 0 Å². The molecule has 0 atom stereocenters. The zero-order valence-electron chi connectivity index (χ0n) is 9.36. The van der Waals surface area contributed by atoms with Crippen molar-refractivity contribution in [1.82, 2.24) is 0 Å². The molecule has 6 heavy (non-hydrogen) atoms. The Labute approximate surface area is 46.2 Å². The van der Waals surface area contributed by atoms with Gasteiger partial charge in [0.15, 0.2) is 0 Å². The van der Waals surface area contributed by atoms with Crippen molar-refractivity contribution in [2.75, 3.05) is 20.2 Å². The van der Waals surface area contributed by atoms with E-state index in [0.717, 1.165) is 7.11 Å². The van der Waals surface area contributed by atoms with Crippen LogP contribution in [0.5, 0.6) is 0 Å². The molecule has 0 radical (unpaired) electrons. The SMILES string of the molecule is [2H]C([2H])(O)C([2H])([2H])C([2H])([2H])OC. The van der Waals surface area contributed by atoms with E-state index in [-0.39, 0.29) is 0 Å². The van der Waals surface area contributed by atoms with E-state index >= 15 is 0 Å². The molecular formula is C4H10O2. The largest absolute Gasteiger partial charge is 0.396 e. The van der Waals surface area contributed by atoms with Gasteiger partial charge in [-0.1, -0.05) is 0 Å². The molecule has 0 aromatic carbocycles. The first-order valence-electron chi connectivity index (χ1n) is 4.34. The molecule has 0 aliphatic rings. The lowest BCUT2D eigenvalue weighted by Gasteiger charge is -1.89. The minimum absolute atomic E-state index is 0.892. The fraction of sp³-hybridized carbons (Fsp3) is 1.00. The molecule has 0 aromatic heterocycles. The van der Waals surface area contributed by atoms with Crippen LogP contribution in [-0.4, -0.2) is 25.3 Å². The molecule has 0 amide bonds. The second kappa shape index (κ2) is 4.92. The monoisotopic (exact) mass is 96.1 g/mol. The Morgan fingerprint density at radius 1 is 2.00 bits per heavy atom. The normalized spacial score (nSPS) is 31.0. The molecule has 0 bridgehead atoms. The van der Waals surface area contributed by atoms with Crippen molar-refractivity contribution in [2.24, 2.45) is 0 Å². The van der Waals surface area contributed by atoms with Crippen molar-refractivity contribution in [3.8, 4) is 0 Å². The Morgan fingerprint density at radius 3 is 2.83 bits per heavy atom. The fourth-order valence-electron chi connectivity index (χ4n) is 0.0739. The first-order valence-corrected chi connectivity index (χ1v) is 1.34. The smallest absolute Gasteiger partial charge is 0.0567 e. The zero-order valence-corrected chi connectivity index (χ0v) is 3.36. The molecule has 0 saturated carbocycles. The molecule has 0 aliphatic carbocycles. The minimum Gasteiger partial charge on any atom is -0.396 e. The summed E-state index contributed by atoms with van der Waals surface area (Å²) >= 11 is 0. The number of methoxy groups -OCH3 is 1. The van der Waals surface area contributed by atoms with Crippen LogP contribution in [0.2, 0.25) is 0 Å². The average molecular weight is 96.2 g/mol. The van der Waals surface area contributed by atoms with Gasteiger partial charge < -0.3 is 9.84 Å². The average Bonchev–Trinajstić information content (AvgIpc) is 1.85. The quantitative estimate of drug-likeness (QED) is 0.536. The lowest BCUT2D eigenvalue weighted by molar-refractivity contribution is 0.166. The van der Waals surface area contributed by atoms with Crippen LogP contribution in [0.25, 0.3) is 0 Å². The van der Waals surface area contributed by atoms with Crippen molar-refractivity contribution in [2.45, 2.75) is 6.37 Å². The molecule has 0 aromatic rings. The molecule has 2 nitrogen and oxygen atoms in total. The van der Waals surface area contributed by atoms with Crippen LogP contribution in [0.4, 0.5) is 0 Å². The van der Waals surface area contributed by atoms with E-state index in [4.69, 9.17) is 13.3 Å². The van der Waals surface area contributed by atoms with Crippen molar-refractivity contribution < 1.29 is 18.1 Å². The molecule has 0 unspecified atom stereocenters. The molecule has 0 saturated heterocycles. The molecule has 38 valence electrons. The van der Waals surface area contributed by atoms with E-state index in [1.807, 2.05) is 0 Å². The summed E-state index contributed by atoms with van der Waals surface area (Å²) in [4.78, 5) is 0. The summed E-state index contributed by atoms with van der Waals surface area (Å²) < 4.78 is 45.0. The van der Waals surface area contributed by atoms with E-state index in [9.17, 15) is 0 Å². The van der Waals surface area contributed by atoms with Crippen molar-refractivity contribution in [3.05, 3.63) is 0 Å². The van der Waals surface area contributed by atoms with E-state index < -0.39 is 19.5 Å². The fourth-order valence-corrected chi connectivity index (χ4v) is 0.0739. The van der Waals surface area contributed by atoms with Gasteiger partial charge >= 0.3 is 0 Å². The summed E-state index contributed by atoms with van der Waals surface area (Å²) in [5.41, 5.74) is 0. The lowest BCUT2D eigenvalue weighted by atomic mass is 10.5. The third-order valence-corrected chi connectivity index (χ3v) is 0.209. The highest BCUT2D eigenvalue weighted by Gasteiger charge is 1.75. The van der Waals surface area contributed by atoms with Gasteiger partial charge in [-0.2, -0.15) is 0 Å². The summed E-state index contributed by atoms with van der Waals surface area (Å²) in [5, 5.41) is 8.65. The Balaban J connectivity index is 4.85. The zero-order chi connectivity index (χ0) is 10.2. The van der Waals surface area contributed by atoms with E-state index in [0.29, 0.717) is 0 Å². The van der Waals surface area contributed by atoms with Gasteiger partial charge in [0.2, 0.25) is 0 Å². The Kier molecular flexibility index (Phi) is 0.985. The Bertz CT molecular complexity index is 161. The van der Waals surface area contributed by atoms with Crippen LogP contribution in [0.1, 0.15) is 14.6 Å². The van der Waals surface area contributed by atoms with Gasteiger partial charge in [0.1, 0.15) is 0 Å². The van der Waals surface area contributed by atoms with Gasteiger partial charge in [-0.15, -0.1) is 0 Å². The van der Waals surface area contributed by atoms with Crippen molar-refractivity contribution in [1.29, 1.82) is 0 Å². The first kappa shape index (κ1) is 1.20. The Hall–Kier alpha value is -0.0800. The van der Waals surface area contributed by atoms with Crippen molar-refractivity contribution >= 4 is 0 Å². The molecular weight excluding hydrogens is 80.0 g/mol. The highest BCUT2D eigenvalue weighted by Crippen LogP contribution is 1.72. The van der Waals surface area contributed by atoms with Gasteiger partial charge in [0, 0.05) is 23.0 Å². The second-order valence-corrected chi connectivity index (χ2v) is 0.543. The van der Waals surface area contributed by atoms with Crippen LogP contribution < -0.4 is 0 Å². The van der Waals surface area contributed by atoms with Gasteiger partial charge in [0.05, 0.1) is 5.48 Å². The van der Waals surface area contributed by atoms with Crippen LogP contribution in [-0.2, 0) is 4.74 Å². The topological polar surface area (TPSA) is 29.5 Å². The van der Waals surface area contributed by atoms with Gasteiger partial charge in [-0.25, -0.2) is 0 Å². The summed E-state index contributed by atoms with van der Waals surface area (Å²) in [5.74, 6) is 0. The third-order valence-electron chi connectivity index (χ3n) is 0.209. The van der Waals surface area contributed by atoms with Crippen molar-refractivity contribution in [3.63, 3.8) is 0 Å². The molecule has 0 spiro atoms. The van der Waals surface area contributed by atoms with Crippen LogP contribution in [0.3, 0.4) is 0 Å². The highest BCUT2D eigenvalue weighted by atomic mass is 16.5. The molecule has 0 fully saturated rings. The molecule has 1 N–H and O–H groups in total. The Morgan fingerprint density at radius 2 is 2.67 bits per heavy atom. The number of ether oxygens (including phenoxy) is 1. The summed E-state index contributed by atoms with van der Waals surface area (Å²) in [7, 11) is 0.892. The van der Waals surface area contributed by atoms with Gasteiger partial charge in [0.25, 0.3) is 0 Å². The number of rotatable bonds is 3. The van der Waals surface area contributed by atoms with Crippen LogP contribution >= 0.6 is 0 Å². The second-order valence-electron chi connectivity index (χ2n) is 0.543. The number of aliphatic hydroxyl groups is 1. The molecule has 0 heterocycles. The van der Waals surface area contributed by atoms with Crippen LogP contribution in [0, 0.1) is 0 Å². The lowest BCUT2D eigenvalue weighted by Crippen LogP contribution is -1.90. The van der Waals surface area contributed by atoms with E-state index in [2.05, 4.69) is 4.74 Å². The number of hydrogen-bond donors (Lipinski definition) is 1. The molecule has 2 heteroatoms. The number of hydrogen-bond acceptors (Lipinski definition) is 2. The summed E-state index contributed by atoms with van der Waals surface area (Å²) in [6.45, 7) is -6.16. The van der Waals surface area contributed by atoms with Gasteiger partial charge in [-0.3, -0.25) is 0 Å². The first-order chi connectivity index (χ1) is 5.06. The maximum Gasteiger partial charge on any atom is 0.0567 e. The van der Waals surface area contributed by atoms with E-state index in [1.165, 1.54) is 0 Å². The third kappa shape index (κ3) is 3.92.